The second kappa shape index (κ2) is 8.10. The first kappa shape index (κ1) is 16.8. The summed E-state index contributed by atoms with van der Waals surface area (Å²) in [6.45, 7) is 4.19. The molecule has 1 aromatic carbocycles. The van der Waals surface area contributed by atoms with Gasteiger partial charge in [0.25, 0.3) is 0 Å². The number of hydrogen-bond acceptors (Lipinski definition) is 5. The van der Waals surface area contributed by atoms with Gasteiger partial charge in [-0.05, 0) is 38.0 Å². The van der Waals surface area contributed by atoms with Crippen LogP contribution in [0.1, 0.15) is 19.4 Å². The van der Waals surface area contributed by atoms with Crippen molar-refractivity contribution in [2.24, 2.45) is 0 Å². The minimum atomic E-state index is -3.15. The second-order valence-electron chi connectivity index (χ2n) is 3.97. The molecular weight excluding hydrogens is 279 g/mol. The average molecular weight is 300 g/mol. The number of rotatable bonds is 8. The van der Waals surface area contributed by atoms with Gasteiger partial charge >= 0.3 is 7.60 Å². The molecule has 0 heterocycles. The number of phenolic OH excluding ortho intramolecular Hbond substituents is 1. The molecule has 20 heavy (non-hydrogen) atoms. The molecule has 6 heteroatoms. The van der Waals surface area contributed by atoms with Crippen molar-refractivity contribution in [3.63, 3.8) is 0 Å². The lowest BCUT2D eigenvalue weighted by Crippen LogP contribution is -1.93. The van der Waals surface area contributed by atoms with Crippen molar-refractivity contribution >= 4 is 7.60 Å². The van der Waals surface area contributed by atoms with Crippen LogP contribution in [0.15, 0.2) is 30.1 Å². The normalized spacial score (nSPS) is 11.9. The zero-order chi connectivity index (χ0) is 15.0. The molecule has 0 radical (unpaired) electrons. The first-order chi connectivity index (χ1) is 9.54. The Labute approximate surface area is 119 Å². The Morgan fingerprint density at radius 3 is 2.45 bits per heavy atom. The highest BCUT2D eigenvalue weighted by atomic mass is 31.2. The van der Waals surface area contributed by atoms with Gasteiger partial charge in [-0.15, -0.1) is 0 Å². The lowest BCUT2D eigenvalue weighted by molar-refractivity contribution is 0.229. The summed E-state index contributed by atoms with van der Waals surface area (Å²) < 4.78 is 27.5. The van der Waals surface area contributed by atoms with Crippen LogP contribution in [-0.2, 0) is 20.0 Å². The van der Waals surface area contributed by atoms with Gasteiger partial charge in [0.2, 0.25) is 0 Å². The van der Waals surface area contributed by atoms with E-state index in [9.17, 15) is 9.67 Å². The molecule has 112 valence electrons. The van der Waals surface area contributed by atoms with Crippen LogP contribution in [0.5, 0.6) is 11.5 Å². The Morgan fingerprint density at radius 1 is 1.25 bits per heavy atom. The van der Waals surface area contributed by atoms with E-state index in [-0.39, 0.29) is 5.75 Å². The average Bonchev–Trinajstić information content (AvgIpc) is 2.41. The number of ether oxygens (including phenoxy) is 1. The third kappa shape index (κ3) is 5.00. The zero-order valence-corrected chi connectivity index (χ0v) is 12.9. The summed E-state index contributed by atoms with van der Waals surface area (Å²) in [5, 5.41) is 9.50. The lowest BCUT2D eigenvalue weighted by atomic mass is 10.1. The molecule has 0 spiro atoms. The molecule has 5 nitrogen and oxygen atoms in total. The fourth-order valence-electron chi connectivity index (χ4n) is 1.65. The number of phenols is 1. The van der Waals surface area contributed by atoms with Gasteiger partial charge in [-0.2, -0.15) is 0 Å². The van der Waals surface area contributed by atoms with E-state index in [0.29, 0.717) is 25.4 Å². The molecule has 0 saturated carbocycles. The predicted molar refractivity (Wildman–Crippen MR) is 78.4 cm³/mol. The standard InChI is InChI=1S/C14H21O5P/c1-4-18-20(16,19-5-2)10-6-7-12-8-9-13(15)14(11-12)17-3/h6,8-11,15H,4-5,7H2,1-3H3/b10-6+. The van der Waals surface area contributed by atoms with E-state index in [1.54, 1.807) is 38.1 Å². The lowest BCUT2D eigenvalue weighted by Gasteiger charge is -2.12. The van der Waals surface area contributed by atoms with E-state index in [1.165, 1.54) is 12.9 Å². The summed E-state index contributed by atoms with van der Waals surface area (Å²) in [6, 6.07) is 5.06. The van der Waals surface area contributed by atoms with Crippen LogP contribution >= 0.6 is 7.60 Å². The van der Waals surface area contributed by atoms with Crippen molar-refractivity contribution in [1.29, 1.82) is 0 Å². The third-order valence-electron chi connectivity index (χ3n) is 2.50. The molecule has 0 aliphatic rings. The molecule has 1 rings (SSSR count). The highest BCUT2D eigenvalue weighted by Gasteiger charge is 2.18. The Kier molecular flexibility index (Phi) is 6.79. The smallest absolute Gasteiger partial charge is 0.353 e. The molecule has 0 fully saturated rings. The number of allylic oxidation sites excluding steroid dienone is 1. The molecule has 1 aromatic rings. The molecule has 0 saturated heterocycles. The van der Waals surface area contributed by atoms with Crippen molar-refractivity contribution in [2.75, 3.05) is 20.3 Å². The van der Waals surface area contributed by atoms with Gasteiger partial charge in [0.05, 0.1) is 20.3 Å². The number of aromatic hydroxyl groups is 1. The van der Waals surface area contributed by atoms with Gasteiger partial charge < -0.3 is 18.9 Å². The monoisotopic (exact) mass is 300 g/mol. The third-order valence-corrected chi connectivity index (χ3v) is 4.32. The Morgan fingerprint density at radius 2 is 1.90 bits per heavy atom. The van der Waals surface area contributed by atoms with E-state index in [0.717, 1.165) is 5.56 Å². The van der Waals surface area contributed by atoms with Gasteiger partial charge in [-0.1, -0.05) is 12.1 Å². The van der Waals surface area contributed by atoms with Crippen molar-refractivity contribution in [3.05, 3.63) is 35.7 Å². The quantitative estimate of drug-likeness (QED) is 0.741. The van der Waals surface area contributed by atoms with E-state index in [1.807, 2.05) is 0 Å². The minimum Gasteiger partial charge on any atom is -0.504 e. The summed E-state index contributed by atoms with van der Waals surface area (Å²) in [5.74, 6) is 1.97. The van der Waals surface area contributed by atoms with Crippen molar-refractivity contribution in [2.45, 2.75) is 20.3 Å². The van der Waals surface area contributed by atoms with Crippen molar-refractivity contribution in [3.8, 4) is 11.5 Å². The van der Waals surface area contributed by atoms with Crippen LogP contribution in [0.3, 0.4) is 0 Å². The van der Waals surface area contributed by atoms with E-state index < -0.39 is 7.60 Å². The van der Waals surface area contributed by atoms with Crippen LogP contribution in [0.4, 0.5) is 0 Å². The Bertz CT molecular complexity index is 488. The molecule has 0 aliphatic carbocycles. The fourth-order valence-corrected chi connectivity index (χ4v) is 2.98. The second-order valence-corrected chi connectivity index (χ2v) is 5.86. The van der Waals surface area contributed by atoms with Crippen LogP contribution < -0.4 is 4.74 Å². The van der Waals surface area contributed by atoms with Gasteiger partial charge in [0, 0.05) is 5.82 Å². The van der Waals surface area contributed by atoms with Crippen LogP contribution in [0.25, 0.3) is 0 Å². The maximum Gasteiger partial charge on any atom is 0.353 e. The first-order valence-electron chi connectivity index (χ1n) is 6.47. The molecule has 1 N–H and O–H groups in total. The summed E-state index contributed by atoms with van der Waals surface area (Å²) in [4.78, 5) is 0. The minimum absolute atomic E-state index is 0.0922. The maximum atomic E-state index is 12.2. The zero-order valence-electron chi connectivity index (χ0n) is 12.0. The summed E-state index contributed by atoms with van der Waals surface area (Å²) >= 11 is 0. The summed E-state index contributed by atoms with van der Waals surface area (Å²) in [6.07, 6.45) is 2.28. The maximum absolute atomic E-state index is 12.2. The summed E-state index contributed by atoms with van der Waals surface area (Å²) in [7, 11) is -1.65. The number of benzene rings is 1. The molecule has 0 aromatic heterocycles. The summed E-state index contributed by atoms with van der Waals surface area (Å²) in [5.41, 5.74) is 0.926. The SMILES string of the molecule is CCOP(=O)(/C=C/Cc1ccc(O)c(OC)c1)OCC. The Hall–Kier alpha value is -1.29. The van der Waals surface area contributed by atoms with Crippen molar-refractivity contribution in [1.82, 2.24) is 0 Å². The van der Waals surface area contributed by atoms with E-state index in [2.05, 4.69) is 0 Å². The topological polar surface area (TPSA) is 65.0 Å². The van der Waals surface area contributed by atoms with Crippen LogP contribution in [0.2, 0.25) is 0 Å². The largest absolute Gasteiger partial charge is 0.504 e. The molecule has 0 amide bonds. The van der Waals surface area contributed by atoms with Crippen LogP contribution in [0, 0.1) is 0 Å². The highest BCUT2D eigenvalue weighted by Crippen LogP contribution is 2.49. The predicted octanol–water partition coefficient (Wildman–Crippen LogP) is 3.72. The van der Waals surface area contributed by atoms with E-state index >= 15 is 0 Å². The molecule has 0 atom stereocenters. The van der Waals surface area contributed by atoms with Gasteiger partial charge in [0.1, 0.15) is 0 Å². The van der Waals surface area contributed by atoms with Crippen LogP contribution in [-0.4, -0.2) is 25.4 Å². The molecule has 0 unspecified atom stereocenters. The fraction of sp³-hybridized carbons (Fsp3) is 0.429. The first-order valence-corrected chi connectivity index (χ1v) is 8.08. The number of hydrogen-bond donors (Lipinski definition) is 1. The molecule has 0 bridgehead atoms. The Balaban J connectivity index is 2.74. The molecular formula is C14H21O5P. The van der Waals surface area contributed by atoms with Gasteiger partial charge in [0.15, 0.2) is 11.5 Å². The van der Waals surface area contributed by atoms with Gasteiger partial charge in [-0.3, -0.25) is 4.57 Å². The number of methoxy groups -OCH3 is 1. The van der Waals surface area contributed by atoms with Gasteiger partial charge in [-0.25, -0.2) is 0 Å². The molecule has 0 aliphatic heterocycles. The van der Waals surface area contributed by atoms with Crippen molar-refractivity contribution < 1.29 is 23.5 Å². The highest BCUT2D eigenvalue weighted by molar-refractivity contribution is 7.57. The van der Waals surface area contributed by atoms with E-state index in [4.69, 9.17) is 13.8 Å².